The number of carbonyl (C=O) groups is 3. The van der Waals surface area contributed by atoms with Gasteiger partial charge >= 0.3 is 5.97 Å². The van der Waals surface area contributed by atoms with Gasteiger partial charge in [0.25, 0.3) is 0 Å². The molecule has 1 saturated heterocycles. The van der Waals surface area contributed by atoms with Crippen LogP contribution in [0.5, 0.6) is 0 Å². The van der Waals surface area contributed by atoms with Crippen molar-refractivity contribution in [2.24, 2.45) is 11.3 Å². The molecule has 1 aliphatic rings. The first-order valence-corrected chi connectivity index (χ1v) is 12.5. The third-order valence-corrected chi connectivity index (χ3v) is 6.47. The van der Waals surface area contributed by atoms with Crippen LogP contribution >= 0.6 is 0 Å². The minimum Gasteiger partial charge on any atom is -0.463 e. The Bertz CT molecular complexity index is 696. The first-order chi connectivity index (χ1) is 15.3. The number of nitrogens with zero attached hydrogens (tertiary/aromatic N) is 1. The highest BCUT2D eigenvalue weighted by molar-refractivity contribution is 5.91. The summed E-state index contributed by atoms with van der Waals surface area (Å²) in [5.41, 5.74) is -0.0181. The van der Waals surface area contributed by atoms with Crippen LogP contribution in [-0.4, -0.2) is 60.0 Å². The van der Waals surface area contributed by atoms with Crippen LogP contribution in [-0.2, 0) is 19.1 Å². The molecule has 1 fully saturated rings. The van der Waals surface area contributed by atoms with Crippen molar-refractivity contribution in [2.45, 2.75) is 112 Å². The van der Waals surface area contributed by atoms with E-state index in [1.165, 1.54) is 0 Å². The van der Waals surface area contributed by atoms with Crippen molar-refractivity contribution in [3.05, 3.63) is 11.6 Å². The van der Waals surface area contributed by atoms with E-state index >= 15 is 0 Å². The van der Waals surface area contributed by atoms with E-state index in [0.717, 1.165) is 32.2 Å². The van der Waals surface area contributed by atoms with E-state index in [9.17, 15) is 14.4 Å². The molecule has 190 valence electrons. The molecule has 1 heterocycles. The van der Waals surface area contributed by atoms with Crippen molar-refractivity contribution < 1.29 is 19.1 Å². The predicted molar refractivity (Wildman–Crippen MR) is 133 cm³/mol. The molecule has 0 bridgehead atoms. The average Bonchev–Trinajstić information content (AvgIpc) is 2.75. The Balaban J connectivity index is 3.05. The summed E-state index contributed by atoms with van der Waals surface area (Å²) >= 11 is 0. The molecule has 4 atom stereocenters. The Labute approximate surface area is 201 Å². The Kier molecular flexibility index (Phi) is 11.6. The number of likely N-dealkylation sites (tertiary alicyclic amines) is 1. The van der Waals surface area contributed by atoms with Crippen LogP contribution in [0.1, 0.15) is 88.0 Å². The van der Waals surface area contributed by atoms with Gasteiger partial charge in [-0.25, -0.2) is 4.79 Å². The van der Waals surface area contributed by atoms with Gasteiger partial charge in [-0.05, 0) is 57.9 Å². The maximum atomic E-state index is 13.4. The highest BCUT2D eigenvalue weighted by Crippen LogP contribution is 2.24. The molecule has 0 spiro atoms. The number of carbonyl (C=O) groups excluding carboxylic acids is 3. The van der Waals surface area contributed by atoms with Crippen LogP contribution in [0.2, 0.25) is 0 Å². The molecule has 1 rings (SSSR count). The van der Waals surface area contributed by atoms with Crippen molar-refractivity contribution >= 4 is 17.8 Å². The normalized spacial score (nSPS) is 20.7. The number of piperidine rings is 1. The van der Waals surface area contributed by atoms with Gasteiger partial charge in [0.1, 0.15) is 6.04 Å². The van der Waals surface area contributed by atoms with Crippen LogP contribution in [0, 0.1) is 11.3 Å². The summed E-state index contributed by atoms with van der Waals surface area (Å²) in [5.74, 6) is -0.646. The van der Waals surface area contributed by atoms with Crippen molar-refractivity contribution in [3.8, 4) is 0 Å². The molecule has 33 heavy (non-hydrogen) atoms. The highest BCUT2D eigenvalue weighted by atomic mass is 16.5. The van der Waals surface area contributed by atoms with Crippen LogP contribution in [0.3, 0.4) is 0 Å². The topological polar surface area (TPSA) is 87.7 Å². The second-order valence-corrected chi connectivity index (χ2v) is 10.7. The van der Waals surface area contributed by atoms with Gasteiger partial charge in [-0.3, -0.25) is 14.5 Å². The van der Waals surface area contributed by atoms with Crippen molar-refractivity contribution in [1.29, 1.82) is 0 Å². The number of amides is 2. The van der Waals surface area contributed by atoms with E-state index in [-0.39, 0.29) is 35.8 Å². The monoisotopic (exact) mass is 465 g/mol. The molecule has 0 saturated carbocycles. The second-order valence-electron chi connectivity index (χ2n) is 10.7. The molecule has 0 radical (unpaired) electrons. The van der Waals surface area contributed by atoms with Gasteiger partial charge in [-0.1, -0.05) is 54.0 Å². The van der Waals surface area contributed by atoms with Crippen LogP contribution in [0.25, 0.3) is 0 Å². The number of rotatable bonds is 10. The van der Waals surface area contributed by atoms with Gasteiger partial charge < -0.3 is 15.4 Å². The molecular formula is C26H47N3O4. The average molecular weight is 466 g/mol. The SMILES string of the molecule is CCOC(=O)/C(C)=C/[C@@H](NC(=O)[C@@H](NC(=O)[C@H]1CCCCN1C(C)CC)C(C)(C)C)C(C)C. The fourth-order valence-electron chi connectivity index (χ4n) is 4.14. The molecule has 1 aliphatic heterocycles. The molecule has 2 amide bonds. The van der Waals surface area contributed by atoms with Crippen molar-refractivity contribution in [2.75, 3.05) is 13.2 Å². The third kappa shape index (κ3) is 8.76. The molecule has 0 aromatic heterocycles. The summed E-state index contributed by atoms with van der Waals surface area (Å²) in [6.07, 6.45) is 5.65. The van der Waals surface area contributed by atoms with Gasteiger partial charge in [0.2, 0.25) is 11.8 Å². The van der Waals surface area contributed by atoms with Gasteiger partial charge in [0, 0.05) is 11.6 Å². The van der Waals surface area contributed by atoms with E-state index in [0.29, 0.717) is 18.2 Å². The lowest BCUT2D eigenvalue weighted by Crippen LogP contribution is -2.60. The van der Waals surface area contributed by atoms with Crippen LogP contribution < -0.4 is 10.6 Å². The fourth-order valence-corrected chi connectivity index (χ4v) is 4.14. The lowest BCUT2D eigenvalue weighted by molar-refractivity contribution is -0.138. The number of esters is 1. The quantitative estimate of drug-likeness (QED) is 0.378. The molecule has 0 aromatic carbocycles. The van der Waals surface area contributed by atoms with Crippen LogP contribution in [0.15, 0.2) is 11.6 Å². The lowest BCUT2D eigenvalue weighted by atomic mass is 9.85. The minimum absolute atomic E-state index is 0.0638. The number of nitrogens with one attached hydrogen (secondary N) is 2. The zero-order chi connectivity index (χ0) is 25.3. The van der Waals surface area contributed by atoms with E-state index in [1.54, 1.807) is 19.9 Å². The van der Waals surface area contributed by atoms with Gasteiger partial charge in [-0.15, -0.1) is 0 Å². The summed E-state index contributed by atoms with van der Waals surface area (Å²) in [7, 11) is 0. The largest absolute Gasteiger partial charge is 0.463 e. The Morgan fingerprint density at radius 3 is 2.24 bits per heavy atom. The van der Waals surface area contributed by atoms with Gasteiger partial charge in [0.15, 0.2) is 0 Å². The number of hydrogen-bond acceptors (Lipinski definition) is 5. The molecular weight excluding hydrogens is 418 g/mol. The first kappa shape index (κ1) is 29.1. The fraction of sp³-hybridized carbons (Fsp3) is 0.808. The van der Waals surface area contributed by atoms with Crippen LogP contribution in [0.4, 0.5) is 0 Å². The summed E-state index contributed by atoms with van der Waals surface area (Å²) in [6, 6.07) is -0.930. The summed E-state index contributed by atoms with van der Waals surface area (Å²) in [4.78, 5) is 41.1. The smallest absolute Gasteiger partial charge is 0.333 e. The third-order valence-electron chi connectivity index (χ3n) is 6.47. The Morgan fingerprint density at radius 2 is 1.73 bits per heavy atom. The van der Waals surface area contributed by atoms with E-state index in [2.05, 4.69) is 29.4 Å². The summed E-state index contributed by atoms with van der Waals surface area (Å²) < 4.78 is 5.07. The van der Waals surface area contributed by atoms with E-state index in [1.807, 2.05) is 34.6 Å². The van der Waals surface area contributed by atoms with Gasteiger partial charge in [-0.2, -0.15) is 0 Å². The van der Waals surface area contributed by atoms with E-state index in [4.69, 9.17) is 4.74 Å². The molecule has 1 unspecified atom stereocenters. The Hall–Kier alpha value is -1.89. The zero-order valence-electron chi connectivity index (χ0n) is 22.3. The lowest BCUT2D eigenvalue weighted by Gasteiger charge is -2.40. The number of hydrogen-bond donors (Lipinski definition) is 2. The molecule has 7 nitrogen and oxygen atoms in total. The molecule has 0 aliphatic carbocycles. The molecule has 0 aromatic rings. The zero-order valence-corrected chi connectivity index (χ0v) is 22.3. The minimum atomic E-state index is -0.691. The molecule has 7 heteroatoms. The second kappa shape index (κ2) is 13.1. The standard InChI is InChI=1S/C26H47N3O4/c1-10-19(6)29-15-13-12-14-21(29)23(30)28-22(26(7,8)9)24(31)27-20(17(3)4)16-18(5)25(32)33-11-2/h16-17,19-22H,10-15H2,1-9H3,(H,27,31)(H,28,30)/b18-16+/t19?,20-,21-,22-/m1/s1. The Morgan fingerprint density at radius 1 is 1.09 bits per heavy atom. The predicted octanol–water partition coefficient (Wildman–Crippen LogP) is 3.82. The summed E-state index contributed by atoms with van der Waals surface area (Å²) in [6.45, 7) is 18.8. The molecule has 2 N–H and O–H groups in total. The van der Waals surface area contributed by atoms with E-state index < -0.39 is 11.5 Å². The first-order valence-electron chi connectivity index (χ1n) is 12.5. The van der Waals surface area contributed by atoms with Crippen molar-refractivity contribution in [3.63, 3.8) is 0 Å². The maximum absolute atomic E-state index is 13.4. The van der Waals surface area contributed by atoms with Crippen molar-refractivity contribution in [1.82, 2.24) is 15.5 Å². The highest BCUT2D eigenvalue weighted by Gasteiger charge is 2.38. The maximum Gasteiger partial charge on any atom is 0.333 e. The number of ether oxygens (including phenoxy) is 1. The summed E-state index contributed by atoms with van der Waals surface area (Å²) in [5, 5.41) is 6.12. The van der Waals surface area contributed by atoms with Gasteiger partial charge in [0.05, 0.1) is 18.7 Å².